The van der Waals surface area contributed by atoms with Crippen LogP contribution in [0.5, 0.6) is 5.75 Å². The van der Waals surface area contributed by atoms with Crippen LogP contribution in [0.25, 0.3) is 17.0 Å². The first kappa shape index (κ1) is 38.7. The van der Waals surface area contributed by atoms with E-state index in [1.165, 1.54) is 12.0 Å². The van der Waals surface area contributed by atoms with E-state index >= 15 is 4.79 Å². The minimum absolute atomic E-state index is 0.0215. The van der Waals surface area contributed by atoms with Crippen LogP contribution < -0.4 is 9.64 Å². The Bertz CT molecular complexity index is 2350. The molecule has 2 N–H and O–H groups in total. The second-order valence-electron chi connectivity index (χ2n) is 18.3. The number of imide groups is 1. The summed E-state index contributed by atoms with van der Waals surface area (Å²) >= 11 is 6.20. The van der Waals surface area contributed by atoms with Gasteiger partial charge in [0.05, 0.1) is 25.9 Å². The number of piperidine rings is 1. The van der Waals surface area contributed by atoms with Crippen molar-refractivity contribution in [2.24, 2.45) is 11.3 Å². The Morgan fingerprint density at radius 2 is 1.90 bits per heavy atom. The van der Waals surface area contributed by atoms with Gasteiger partial charge in [-0.25, -0.2) is 9.69 Å². The van der Waals surface area contributed by atoms with Gasteiger partial charge in [-0.15, -0.1) is 11.6 Å². The molecule has 0 unspecified atom stereocenters. The Morgan fingerprint density at radius 1 is 1.08 bits per heavy atom. The molecule has 0 radical (unpaired) electrons. The van der Waals surface area contributed by atoms with E-state index in [2.05, 4.69) is 63.2 Å². The van der Waals surface area contributed by atoms with Crippen LogP contribution in [0.15, 0.2) is 54.8 Å². The number of fused-ring (bicyclic) bond motifs is 7. The summed E-state index contributed by atoms with van der Waals surface area (Å²) in [6.07, 6.45) is 11.2. The number of hydrogen-bond donors (Lipinski definition) is 2. The number of alkyl halides is 1. The summed E-state index contributed by atoms with van der Waals surface area (Å²) < 4.78 is 18.9. The number of carbonyl (C=O) groups is 3. The molecule has 312 valence electrons. The highest BCUT2D eigenvalue weighted by Crippen LogP contribution is 2.69. The third kappa shape index (κ3) is 4.93. The Kier molecular flexibility index (Phi) is 8.68. The number of nitrogens with zero attached hydrogens (tertiary/aromatic N) is 4. The van der Waals surface area contributed by atoms with Crippen molar-refractivity contribution < 1.29 is 33.7 Å². The van der Waals surface area contributed by atoms with Crippen molar-refractivity contribution in [2.45, 2.75) is 86.5 Å². The summed E-state index contributed by atoms with van der Waals surface area (Å²) in [7, 11) is 5.08. The lowest BCUT2D eigenvalue weighted by atomic mass is 9.49. The molecule has 3 saturated heterocycles. The van der Waals surface area contributed by atoms with E-state index in [1.54, 1.807) is 7.11 Å². The van der Waals surface area contributed by atoms with Crippen molar-refractivity contribution in [2.75, 3.05) is 64.8 Å². The summed E-state index contributed by atoms with van der Waals surface area (Å²) in [5.41, 5.74) is -0.0118. The molecule has 1 saturated carbocycles. The number of benzene rings is 2. The molecule has 2 amide bonds. The van der Waals surface area contributed by atoms with Gasteiger partial charge in [0, 0.05) is 102 Å². The molecule has 1 aliphatic carbocycles. The minimum Gasteiger partial charge on any atom is -0.496 e. The second-order valence-corrected chi connectivity index (χ2v) is 18.7. The van der Waals surface area contributed by atoms with Crippen LogP contribution in [-0.4, -0.2) is 126 Å². The lowest BCUT2D eigenvalue weighted by Crippen LogP contribution is -2.74. The molecule has 10 rings (SSSR count). The van der Waals surface area contributed by atoms with E-state index in [0.29, 0.717) is 62.2 Å². The maximum Gasteiger partial charge on any atom is 0.417 e. The summed E-state index contributed by atoms with van der Waals surface area (Å²) in [5, 5.41) is 12.9. The number of likely N-dealkylation sites (N-methyl/N-ethyl adjacent to an activating group) is 1. The fraction of sp³-hybridized carbons (Fsp3) is 0.543. The molecule has 7 heterocycles. The van der Waals surface area contributed by atoms with E-state index in [0.717, 1.165) is 47.2 Å². The van der Waals surface area contributed by atoms with Gasteiger partial charge in [0.2, 0.25) is 5.60 Å². The molecule has 2 spiro atoms. The molecule has 2 aromatic carbocycles. The molecule has 4 fully saturated rings. The maximum atomic E-state index is 15.3. The highest BCUT2D eigenvalue weighted by atomic mass is 35.5. The summed E-state index contributed by atoms with van der Waals surface area (Å²) in [5.74, 6) is -0.265. The van der Waals surface area contributed by atoms with E-state index in [9.17, 15) is 14.7 Å². The van der Waals surface area contributed by atoms with Crippen LogP contribution in [0.1, 0.15) is 74.8 Å². The number of hydrogen-bond acceptors (Lipinski definition) is 10. The molecule has 3 aromatic rings. The number of anilines is 1. The molecule has 13 heteroatoms. The van der Waals surface area contributed by atoms with Crippen molar-refractivity contribution in [3.63, 3.8) is 0 Å². The molecule has 6 aliphatic heterocycles. The quantitative estimate of drug-likeness (QED) is 0.168. The van der Waals surface area contributed by atoms with Crippen molar-refractivity contribution >= 4 is 52.2 Å². The van der Waals surface area contributed by atoms with E-state index in [-0.39, 0.29) is 30.3 Å². The zero-order valence-corrected chi connectivity index (χ0v) is 35.3. The number of halogens is 1. The van der Waals surface area contributed by atoms with Crippen LogP contribution in [0, 0.1) is 11.3 Å². The normalized spacial score (nSPS) is 36.1. The van der Waals surface area contributed by atoms with Crippen molar-refractivity contribution in [1.82, 2.24) is 19.7 Å². The number of para-hydroxylation sites is 1. The number of carbonyl (C=O) groups excluding carboxylic acids is 3. The molecule has 59 heavy (non-hydrogen) atoms. The summed E-state index contributed by atoms with van der Waals surface area (Å²) in [4.78, 5) is 55.9. The largest absolute Gasteiger partial charge is 0.496 e. The Hall–Kier alpha value is -4.52. The molecule has 12 nitrogen and oxygen atoms in total. The third-order valence-corrected chi connectivity index (χ3v) is 15.9. The number of methoxy groups -OCH3 is 2. The maximum absolute atomic E-state index is 15.3. The zero-order chi connectivity index (χ0) is 41.3. The van der Waals surface area contributed by atoms with Gasteiger partial charge in [0.15, 0.2) is 0 Å². The number of H-pyrrole nitrogens is 1. The van der Waals surface area contributed by atoms with Crippen LogP contribution in [0.3, 0.4) is 0 Å². The van der Waals surface area contributed by atoms with Crippen LogP contribution in [-0.2, 0) is 29.9 Å². The van der Waals surface area contributed by atoms with Gasteiger partial charge in [0.25, 0.3) is 5.91 Å². The number of aromatic amines is 1. The minimum atomic E-state index is -1.49. The van der Waals surface area contributed by atoms with Gasteiger partial charge in [-0.05, 0) is 74.5 Å². The van der Waals surface area contributed by atoms with Gasteiger partial charge in [-0.2, -0.15) is 0 Å². The number of esters is 1. The fourth-order valence-electron chi connectivity index (χ4n) is 13.5. The van der Waals surface area contributed by atoms with Gasteiger partial charge in [-0.3, -0.25) is 14.5 Å². The Morgan fingerprint density at radius 3 is 2.64 bits per heavy atom. The first-order valence-electron chi connectivity index (χ1n) is 21.2. The number of aromatic nitrogens is 1. The smallest absolute Gasteiger partial charge is 0.417 e. The standard InChI is InChI=1S/C46H54ClN5O7/c1-6-42-14-10-17-51-19-15-44(37(42)51)31-21-32(35(57-4)22-34(31)49(3)38(44)46(26-42)39(53)52(20-16-47)41(55)59-46)45(40(54)58-5)24-28-23-43(56,7-2)27-50(25-28)18-13-30-29-11-8-9-12-33(29)48-36(30)45/h8-14,18,21-22,28,37-38,48,56H,6-7,15-17,19-20,23-27H2,1-5H3/b18-13-/t28-,37-,38+,42-,43-,44+,45-,46+/m0/s1. The SMILES string of the molecule is CC[C@]1(O)C[C@@H]2CN(/C=C\c3c([nH]c4ccccc34)[C@@](C(=O)OC)(c3cc4c(cc3OC)N(C)[C@@H]3[C@]45CCN4CC=C[C@@](CC)(C[C@@]36OC(=O)N(CCCl)C6=O)[C@H]45)C2)C1. The number of amides is 2. The van der Waals surface area contributed by atoms with Crippen molar-refractivity contribution in [1.29, 1.82) is 0 Å². The van der Waals surface area contributed by atoms with Crippen LogP contribution >= 0.6 is 11.6 Å². The lowest BCUT2D eigenvalue weighted by Gasteiger charge is -2.60. The molecule has 8 atom stereocenters. The highest BCUT2D eigenvalue weighted by molar-refractivity contribution is 6.18. The fourth-order valence-corrected chi connectivity index (χ4v) is 13.7. The number of rotatable bonds is 7. The van der Waals surface area contributed by atoms with Gasteiger partial charge >= 0.3 is 12.1 Å². The lowest BCUT2D eigenvalue weighted by molar-refractivity contribution is -0.152. The van der Waals surface area contributed by atoms with Crippen molar-refractivity contribution in [3.05, 3.63) is 77.1 Å². The highest BCUT2D eigenvalue weighted by Gasteiger charge is 2.79. The monoisotopic (exact) mass is 823 g/mol. The van der Waals surface area contributed by atoms with Gasteiger partial charge < -0.3 is 34.1 Å². The van der Waals surface area contributed by atoms with E-state index in [4.69, 9.17) is 25.8 Å². The predicted octanol–water partition coefficient (Wildman–Crippen LogP) is 5.93. The number of aliphatic hydroxyl groups is 1. The molecule has 1 aromatic heterocycles. The van der Waals surface area contributed by atoms with Gasteiger partial charge in [-0.1, -0.05) is 44.2 Å². The van der Waals surface area contributed by atoms with E-state index < -0.39 is 45.6 Å². The number of ether oxygens (including phenoxy) is 3. The summed E-state index contributed by atoms with van der Waals surface area (Å²) in [6.45, 7) is 6.97. The van der Waals surface area contributed by atoms with E-state index in [1.807, 2.05) is 38.2 Å². The zero-order valence-electron chi connectivity index (χ0n) is 34.6. The summed E-state index contributed by atoms with van der Waals surface area (Å²) in [6, 6.07) is 11.7. The first-order chi connectivity index (χ1) is 28.4. The first-order valence-corrected chi connectivity index (χ1v) is 21.8. The molecular weight excluding hydrogens is 770 g/mol. The Labute approximate surface area is 350 Å². The average Bonchev–Trinajstić information content (AvgIpc) is 3.95. The number of nitrogens with one attached hydrogen (secondary N) is 1. The van der Waals surface area contributed by atoms with Crippen LogP contribution in [0.2, 0.25) is 0 Å². The van der Waals surface area contributed by atoms with Gasteiger partial charge in [0.1, 0.15) is 11.2 Å². The third-order valence-electron chi connectivity index (χ3n) is 15.7. The molecular formula is C46H54ClN5O7. The average molecular weight is 824 g/mol. The molecule has 7 aliphatic rings. The Balaban J connectivity index is 1.27. The molecule has 2 bridgehead atoms. The topological polar surface area (TPSA) is 128 Å². The second kappa shape index (κ2) is 13.2. The van der Waals surface area contributed by atoms with Crippen molar-refractivity contribution in [3.8, 4) is 5.75 Å². The predicted molar refractivity (Wildman–Crippen MR) is 225 cm³/mol. The van der Waals surface area contributed by atoms with Crippen LogP contribution in [0.4, 0.5) is 10.5 Å².